The fourth-order valence-corrected chi connectivity index (χ4v) is 3.78. The van der Waals surface area contributed by atoms with E-state index in [0.29, 0.717) is 28.2 Å². The molecule has 3 aromatic rings. The molecule has 2 aromatic carbocycles. The number of esters is 1. The van der Waals surface area contributed by atoms with Gasteiger partial charge in [-0.05, 0) is 54.1 Å². The van der Waals surface area contributed by atoms with E-state index in [2.05, 4.69) is 0 Å². The van der Waals surface area contributed by atoms with E-state index in [4.69, 9.17) is 13.9 Å². The minimum Gasteiger partial charge on any atom is -0.507 e. The Balaban J connectivity index is 1.82. The van der Waals surface area contributed by atoms with Crippen molar-refractivity contribution in [2.24, 2.45) is 0 Å². The van der Waals surface area contributed by atoms with Crippen LogP contribution in [0.2, 0.25) is 0 Å². The van der Waals surface area contributed by atoms with Crippen molar-refractivity contribution in [3.63, 3.8) is 0 Å². The van der Waals surface area contributed by atoms with Gasteiger partial charge in [0.1, 0.15) is 17.3 Å². The molecule has 1 fully saturated rings. The number of hydrogen-bond donors (Lipinski definition) is 1. The quantitative estimate of drug-likeness (QED) is 0.266. The predicted octanol–water partition coefficient (Wildman–Crippen LogP) is 3.70. The van der Waals surface area contributed by atoms with Gasteiger partial charge >= 0.3 is 5.97 Å². The van der Waals surface area contributed by atoms with Gasteiger partial charge in [-0.2, -0.15) is 0 Å². The molecule has 1 N–H and O–H groups in total. The number of furan rings is 1. The molecule has 0 saturated carbocycles. The molecule has 0 bridgehead atoms. The number of aliphatic hydroxyl groups is 1. The number of rotatable bonds is 6. The van der Waals surface area contributed by atoms with Crippen molar-refractivity contribution >= 4 is 23.4 Å². The van der Waals surface area contributed by atoms with Crippen molar-refractivity contribution in [3.05, 3.63) is 95.0 Å². The molecule has 1 aromatic heterocycles. The maximum absolute atomic E-state index is 13.0. The topological polar surface area (TPSA) is 106 Å². The smallest absolute Gasteiger partial charge is 0.337 e. The Kier molecular flexibility index (Phi) is 5.99. The Morgan fingerprint density at radius 3 is 2.24 bits per heavy atom. The lowest BCUT2D eigenvalue weighted by Gasteiger charge is -2.24. The second-order valence-corrected chi connectivity index (χ2v) is 7.35. The number of ketones is 1. The van der Waals surface area contributed by atoms with Gasteiger partial charge in [-0.25, -0.2) is 4.79 Å². The Bertz CT molecular complexity index is 1210. The summed E-state index contributed by atoms with van der Waals surface area (Å²) in [5.74, 6) is -1.32. The lowest BCUT2D eigenvalue weighted by atomic mass is 9.94. The van der Waals surface area contributed by atoms with Gasteiger partial charge < -0.3 is 23.9 Å². The third-order valence-electron chi connectivity index (χ3n) is 5.46. The number of hydrogen-bond acceptors (Lipinski definition) is 7. The van der Waals surface area contributed by atoms with Crippen LogP contribution in [0.3, 0.4) is 0 Å². The monoisotopic (exact) mass is 447 g/mol. The van der Waals surface area contributed by atoms with Gasteiger partial charge in [-0.15, -0.1) is 0 Å². The van der Waals surface area contributed by atoms with Crippen LogP contribution in [0.25, 0.3) is 5.76 Å². The lowest BCUT2D eigenvalue weighted by molar-refractivity contribution is -0.140. The van der Waals surface area contributed by atoms with Crippen molar-refractivity contribution in [2.45, 2.75) is 12.6 Å². The molecule has 1 amide bonds. The molecule has 4 rings (SSSR count). The second kappa shape index (κ2) is 9.04. The van der Waals surface area contributed by atoms with E-state index in [1.807, 2.05) is 0 Å². The largest absolute Gasteiger partial charge is 0.507 e. The second-order valence-electron chi connectivity index (χ2n) is 7.35. The first-order valence-electron chi connectivity index (χ1n) is 10.1. The number of Topliss-reactive ketones (excluding diaryl/α,β-unsaturated/α-hetero) is 1. The van der Waals surface area contributed by atoms with Crippen LogP contribution in [-0.4, -0.2) is 41.9 Å². The summed E-state index contributed by atoms with van der Waals surface area (Å²) in [5.41, 5.74) is 1.17. The van der Waals surface area contributed by atoms with E-state index in [1.165, 1.54) is 25.4 Å². The van der Waals surface area contributed by atoms with Gasteiger partial charge in [0.05, 0.1) is 44.2 Å². The first-order chi connectivity index (χ1) is 15.9. The number of benzene rings is 2. The molecule has 0 radical (unpaired) electrons. The molecule has 2 heterocycles. The van der Waals surface area contributed by atoms with E-state index in [1.54, 1.807) is 60.7 Å². The zero-order valence-electron chi connectivity index (χ0n) is 18.0. The number of carbonyl (C=O) groups excluding carboxylic acids is 3. The zero-order chi connectivity index (χ0) is 23.5. The fourth-order valence-electron chi connectivity index (χ4n) is 3.78. The number of likely N-dealkylation sites (tertiary alicyclic amines) is 1. The number of carbonyl (C=O) groups is 3. The molecule has 0 unspecified atom stereocenters. The summed E-state index contributed by atoms with van der Waals surface area (Å²) in [5, 5.41) is 11.1. The van der Waals surface area contributed by atoms with Crippen molar-refractivity contribution in [2.75, 3.05) is 14.2 Å². The van der Waals surface area contributed by atoms with Gasteiger partial charge in [0.15, 0.2) is 0 Å². The highest BCUT2D eigenvalue weighted by Crippen LogP contribution is 2.40. The molecule has 8 heteroatoms. The van der Waals surface area contributed by atoms with Gasteiger partial charge in [0.25, 0.3) is 11.7 Å². The summed E-state index contributed by atoms with van der Waals surface area (Å²) in [6.45, 7) is 0.0282. The van der Waals surface area contributed by atoms with E-state index in [0.717, 1.165) is 0 Å². The Labute approximate surface area is 189 Å². The van der Waals surface area contributed by atoms with Gasteiger partial charge in [0.2, 0.25) is 0 Å². The highest BCUT2D eigenvalue weighted by Gasteiger charge is 2.46. The number of nitrogens with zero attached hydrogens (tertiary/aromatic N) is 1. The first-order valence-corrected chi connectivity index (χ1v) is 10.1. The molecule has 1 saturated heterocycles. The van der Waals surface area contributed by atoms with Gasteiger partial charge in [-0.1, -0.05) is 12.1 Å². The van der Waals surface area contributed by atoms with E-state index in [9.17, 15) is 19.5 Å². The SMILES string of the molecule is COC(=O)c1ccc([C@@H]2/C(=C(\O)c3ccc(OC)cc3)C(=O)C(=O)N2Cc2ccco2)cc1. The zero-order valence-corrected chi connectivity index (χ0v) is 18.0. The van der Waals surface area contributed by atoms with Gasteiger partial charge in [0, 0.05) is 5.56 Å². The molecular formula is C25H21NO7. The summed E-state index contributed by atoms with van der Waals surface area (Å²) >= 11 is 0. The Hall–Kier alpha value is -4.33. The van der Waals surface area contributed by atoms with Crippen LogP contribution >= 0.6 is 0 Å². The highest BCUT2D eigenvalue weighted by molar-refractivity contribution is 6.46. The maximum atomic E-state index is 13.0. The number of aliphatic hydroxyl groups excluding tert-OH is 1. The molecule has 168 valence electrons. The Morgan fingerprint density at radius 2 is 1.67 bits per heavy atom. The molecule has 0 spiro atoms. The van der Waals surface area contributed by atoms with Crippen LogP contribution in [0.5, 0.6) is 5.75 Å². The predicted molar refractivity (Wildman–Crippen MR) is 117 cm³/mol. The molecule has 8 nitrogen and oxygen atoms in total. The van der Waals surface area contributed by atoms with Crippen molar-refractivity contribution in [1.29, 1.82) is 0 Å². The standard InChI is InChI=1S/C25H21NO7/c1-31-18-11-9-16(10-12-18)22(27)20-21(15-5-7-17(8-6-15)25(30)32-2)26(24(29)23(20)28)14-19-4-3-13-33-19/h3-13,21,27H,14H2,1-2H3/b22-20+/t21-/m1/s1. The van der Waals surface area contributed by atoms with Crippen LogP contribution in [-0.2, 0) is 20.9 Å². The van der Waals surface area contributed by atoms with Crippen LogP contribution in [0.4, 0.5) is 0 Å². The Morgan fingerprint density at radius 1 is 1.00 bits per heavy atom. The maximum Gasteiger partial charge on any atom is 0.337 e. The van der Waals surface area contributed by atoms with E-state index >= 15 is 0 Å². The third kappa shape index (κ3) is 4.10. The van der Waals surface area contributed by atoms with Crippen molar-refractivity contribution in [1.82, 2.24) is 4.90 Å². The fraction of sp³-hybridized carbons (Fsp3) is 0.160. The molecular weight excluding hydrogens is 426 g/mol. The normalized spacial score (nSPS) is 17.3. The molecule has 1 aliphatic rings. The van der Waals surface area contributed by atoms with E-state index in [-0.39, 0.29) is 17.9 Å². The van der Waals surface area contributed by atoms with Crippen LogP contribution in [0.1, 0.15) is 33.3 Å². The number of methoxy groups -OCH3 is 2. The third-order valence-corrected chi connectivity index (χ3v) is 5.46. The van der Waals surface area contributed by atoms with Crippen LogP contribution in [0, 0.1) is 0 Å². The molecule has 1 aliphatic heterocycles. The first kappa shape index (κ1) is 21.9. The molecule has 0 aliphatic carbocycles. The van der Waals surface area contributed by atoms with Crippen LogP contribution < -0.4 is 4.74 Å². The minimum absolute atomic E-state index is 0.0282. The minimum atomic E-state index is -0.885. The summed E-state index contributed by atoms with van der Waals surface area (Å²) in [6, 6.07) is 15.3. The van der Waals surface area contributed by atoms with Gasteiger partial charge in [-0.3, -0.25) is 9.59 Å². The average molecular weight is 447 g/mol. The summed E-state index contributed by atoms with van der Waals surface area (Å²) in [4.78, 5) is 39.2. The summed E-state index contributed by atoms with van der Waals surface area (Å²) < 4.78 is 15.3. The lowest BCUT2D eigenvalue weighted by Crippen LogP contribution is -2.29. The van der Waals surface area contributed by atoms with Crippen molar-refractivity contribution < 1.29 is 33.4 Å². The number of ether oxygens (including phenoxy) is 2. The van der Waals surface area contributed by atoms with Crippen LogP contribution in [0.15, 0.2) is 76.9 Å². The van der Waals surface area contributed by atoms with Crippen molar-refractivity contribution in [3.8, 4) is 5.75 Å². The molecule has 33 heavy (non-hydrogen) atoms. The summed E-state index contributed by atoms with van der Waals surface area (Å²) in [6.07, 6.45) is 1.48. The average Bonchev–Trinajstić information content (AvgIpc) is 3.45. The highest BCUT2D eigenvalue weighted by atomic mass is 16.5. The summed E-state index contributed by atoms with van der Waals surface area (Å²) in [7, 11) is 2.80. The number of amides is 1. The molecule has 1 atom stereocenters. The van der Waals surface area contributed by atoms with E-state index < -0.39 is 23.7 Å².